The Kier molecular flexibility index (Phi) is 7.07. The lowest BCUT2D eigenvalue weighted by Gasteiger charge is -2.22. The fourth-order valence-corrected chi connectivity index (χ4v) is 3.40. The topological polar surface area (TPSA) is 84.5 Å². The average Bonchev–Trinajstić information content (AvgIpc) is 2.78. The summed E-state index contributed by atoms with van der Waals surface area (Å²) in [5.74, 6) is -0.0333. The number of benzene rings is 2. The molecule has 3 rings (SSSR count). The Morgan fingerprint density at radius 1 is 1.13 bits per heavy atom. The molecule has 0 atom stereocenters. The molecule has 0 aliphatic heterocycles. The Morgan fingerprint density at radius 2 is 1.87 bits per heavy atom. The van der Waals surface area contributed by atoms with Gasteiger partial charge in [-0.05, 0) is 51.1 Å². The Bertz CT molecular complexity index is 1160. The van der Waals surface area contributed by atoms with Crippen LogP contribution in [-0.4, -0.2) is 42.7 Å². The number of rotatable bonds is 8. The highest BCUT2D eigenvalue weighted by atomic mass is 16.5. The van der Waals surface area contributed by atoms with Crippen LogP contribution in [0.2, 0.25) is 0 Å². The van der Waals surface area contributed by atoms with E-state index >= 15 is 0 Å². The molecule has 1 aromatic heterocycles. The number of methoxy groups -OCH3 is 1. The molecule has 0 spiro atoms. The fraction of sp³-hybridized carbons (Fsp3) is 0.292. The van der Waals surface area contributed by atoms with Crippen molar-refractivity contribution in [1.82, 2.24) is 9.97 Å². The molecule has 1 heterocycles. The number of aromatic nitrogens is 2. The van der Waals surface area contributed by atoms with Crippen molar-refractivity contribution < 1.29 is 14.3 Å². The van der Waals surface area contributed by atoms with Crippen LogP contribution in [0.3, 0.4) is 0 Å². The number of nitrogens with zero attached hydrogens (tertiary/aromatic N) is 2. The normalized spacial score (nSPS) is 11.4. The maximum Gasteiger partial charge on any atom is 0.340 e. The van der Waals surface area contributed by atoms with E-state index in [-0.39, 0.29) is 17.9 Å². The van der Waals surface area contributed by atoms with Gasteiger partial charge >= 0.3 is 5.97 Å². The zero-order chi connectivity index (χ0) is 22.4. The molecule has 0 bridgehead atoms. The number of carbonyl (C=O) groups is 1. The first-order chi connectivity index (χ1) is 15.0. The molecule has 0 saturated heterocycles. The summed E-state index contributed by atoms with van der Waals surface area (Å²) >= 11 is 0. The number of ether oxygens (including phenoxy) is 2. The van der Waals surface area contributed by atoms with Crippen molar-refractivity contribution in [1.29, 1.82) is 0 Å². The third-order valence-electron chi connectivity index (χ3n) is 5.00. The first kappa shape index (κ1) is 22.1. The summed E-state index contributed by atoms with van der Waals surface area (Å²) in [6.07, 6.45) is 1.59. The predicted octanol–water partition coefficient (Wildman–Crippen LogP) is 3.88. The molecule has 162 valence electrons. The summed E-state index contributed by atoms with van der Waals surface area (Å²) in [4.78, 5) is 34.9. The van der Waals surface area contributed by atoms with Crippen LogP contribution in [0.4, 0.5) is 5.69 Å². The van der Waals surface area contributed by atoms with E-state index in [2.05, 4.69) is 28.7 Å². The van der Waals surface area contributed by atoms with Gasteiger partial charge in [0, 0.05) is 30.4 Å². The minimum absolute atomic E-state index is 0.00650. The number of H-pyrrole nitrogens is 1. The average molecular weight is 421 g/mol. The minimum Gasteiger partial charge on any atom is -0.496 e. The molecule has 0 radical (unpaired) electrons. The van der Waals surface area contributed by atoms with Gasteiger partial charge in [0.25, 0.3) is 5.56 Å². The van der Waals surface area contributed by atoms with Gasteiger partial charge in [-0.2, -0.15) is 0 Å². The van der Waals surface area contributed by atoms with Gasteiger partial charge in [-0.15, -0.1) is 0 Å². The van der Waals surface area contributed by atoms with Crippen LogP contribution in [0, 0.1) is 0 Å². The van der Waals surface area contributed by atoms with Gasteiger partial charge in [0.2, 0.25) is 0 Å². The second-order valence-electron chi connectivity index (χ2n) is 6.81. The van der Waals surface area contributed by atoms with E-state index in [9.17, 15) is 9.59 Å². The third-order valence-corrected chi connectivity index (χ3v) is 5.00. The van der Waals surface area contributed by atoms with E-state index in [4.69, 9.17) is 9.47 Å². The van der Waals surface area contributed by atoms with Crippen LogP contribution in [-0.2, 0) is 9.53 Å². The molecule has 0 aliphatic rings. The summed E-state index contributed by atoms with van der Waals surface area (Å²) in [6.45, 7) is 7.78. The van der Waals surface area contributed by atoms with Gasteiger partial charge in [0.1, 0.15) is 11.4 Å². The van der Waals surface area contributed by atoms with E-state index in [1.807, 2.05) is 30.3 Å². The zero-order valence-electron chi connectivity index (χ0n) is 18.3. The summed E-state index contributed by atoms with van der Waals surface area (Å²) in [6, 6.07) is 12.9. The molecule has 0 fully saturated rings. The molecule has 7 nitrogen and oxygen atoms in total. The van der Waals surface area contributed by atoms with Crippen LogP contribution in [0.25, 0.3) is 22.7 Å². The molecular weight excluding hydrogens is 394 g/mol. The van der Waals surface area contributed by atoms with Gasteiger partial charge in [-0.1, -0.05) is 12.1 Å². The first-order valence-electron chi connectivity index (χ1n) is 10.3. The molecule has 0 saturated carbocycles. The summed E-state index contributed by atoms with van der Waals surface area (Å²) in [7, 11) is 1.57. The minimum atomic E-state index is -0.620. The van der Waals surface area contributed by atoms with E-state index in [0.717, 1.165) is 18.8 Å². The highest BCUT2D eigenvalue weighted by molar-refractivity contribution is 6.21. The van der Waals surface area contributed by atoms with Gasteiger partial charge in [0.05, 0.1) is 30.3 Å². The lowest BCUT2D eigenvalue weighted by molar-refractivity contribution is -0.136. The first-order valence-corrected chi connectivity index (χ1v) is 10.3. The number of hydrogen-bond donors (Lipinski definition) is 1. The number of nitrogens with one attached hydrogen (secondary N) is 1. The van der Waals surface area contributed by atoms with Crippen molar-refractivity contribution in [2.45, 2.75) is 20.8 Å². The molecule has 2 aromatic carbocycles. The maximum absolute atomic E-state index is 12.8. The number of aromatic amines is 1. The van der Waals surface area contributed by atoms with Crippen LogP contribution < -0.4 is 15.2 Å². The SMILES string of the molecule is CCOC(=O)/C(=C/c1ccc(N(CC)CC)cc1OC)c1nc2ccccc2[nH]c1=O. The molecule has 0 aliphatic carbocycles. The van der Waals surface area contributed by atoms with Gasteiger partial charge in [-0.25, -0.2) is 9.78 Å². The van der Waals surface area contributed by atoms with E-state index in [1.54, 1.807) is 32.2 Å². The lowest BCUT2D eigenvalue weighted by Crippen LogP contribution is -2.21. The van der Waals surface area contributed by atoms with Gasteiger partial charge in [-0.3, -0.25) is 4.79 Å². The molecule has 31 heavy (non-hydrogen) atoms. The van der Waals surface area contributed by atoms with Crippen molar-refractivity contribution in [3.05, 3.63) is 64.1 Å². The van der Waals surface area contributed by atoms with Crippen molar-refractivity contribution in [3.8, 4) is 5.75 Å². The molecule has 1 N–H and O–H groups in total. The summed E-state index contributed by atoms with van der Waals surface area (Å²) < 4.78 is 10.8. The third kappa shape index (κ3) is 4.77. The van der Waals surface area contributed by atoms with E-state index in [1.165, 1.54) is 0 Å². The van der Waals surface area contributed by atoms with Crippen LogP contribution in [0.1, 0.15) is 32.0 Å². The highest BCUT2D eigenvalue weighted by Crippen LogP contribution is 2.29. The van der Waals surface area contributed by atoms with Gasteiger partial charge in [0.15, 0.2) is 0 Å². The van der Waals surface area contributed by atoms with Crippen molar-refractivity contribution in [2.75, 3.05) is 31.7 Å². The molecule has 7 heteroatoms. The second kappa shape index (κ2) is 9.93. The maximum atomic E-state index is 12.8. The van der Waals surface area contributed by atoms with E-state index < -0.39 is 11.5 Å². The van der Waals surface area contributed by atoms with Crippen LogP contribution >= 0.6 is 0 Å². The number of anilines is 1. The summed E-state index contributed by atoms with van der Waals surface area (Å²) in [5.41, 5.74) is 2.46. The summed E-state index contributed by atoms with van der Waals surface area (Å²) in [5, 5.41) is 0. The molecule has 0 unspecified atom stereocenters. The molecule has 0 amide bonds. The van der Waals surface area contributed by atoms with Crippen LogP contribution in [0.5, 0.6) is 5.75 Å². The fourth-order valence-electron chi connectivity index (χ4n) is 3.40. The largest absolute Gasteiger partial charge is 0.496 e. The molecular formula is C24H27N3O4. The van der Waals surface area contributed by atoms with Crippen molar-refractivity contribution in [3.63, 3.8) is 0 Å². The second-order valence-corrected chi connectivity index (χ2v) is 6.81. The predicted molar refractivity (Wildman–Crippen MR) is 123 cm³/mol. The number of hydrogen-bond acceptors (Lipinski definition) is 6. The monoisotopic (exact) mass is 421 g/mol. The van der Waals surface area contributed by atoms with Crippen molar-refractivity contribution in [2.24, 2.45) is 0 Å². The lowest BCUT2D eigenvalue weighted by atomic mass is 10.1. The quantitative estimate of drug-likeness (QED) is 0.439. The standard InChI is InChI=1S/C24H27N3O4/c1-5-27(6-2)17-13-12-16(21(15-17)30-4)14-18(24(29)31-7-3)22-23(28)26-20-11-9-8-10-19(20)25-22/h8-15H,5-7H2,1-4H3,(H,26,28)/b18-14+. The number of carbonyl (C=O) groups excluding carboxylic acids is 1. The smallest absolute Gasteiger partial charge is 0.340 e. The number of esters is 1. The zero-order valence-corrected chi connectivity index (χ0v) is 18.3. The Morgan fingerprint density at radius 3 is 2.55 bits per heavy atom. The highest BCUT2D eigenvalue weighted by Gasteiger charge is 2.20. The van der Waals surface area contributed by atoms with Crippen LogP contribution in [0.15, 0.2) is 47.3 Å². The Hall–Kier alpha value is -3.61. The van der Waals surface area contributed by atoms with Gasteiger partial charge < -0.3 is 19.4 Å². The number of para-hydroxylation sites is 2. The van der Waals surface area contributed by atoms with Crippen molar-refractivity contribution >= 4 is 34.3 Å². The Labute approximate surface area is 181 Å². The molecule has 3 aromatic rings. The number of fused-ring (bicyclic) bond motifs is 1. The van der Waals surface area contributed by atoms with E-state index in [0.29, 0.717) is 22.3 Å². The Balaban J connectivity index is 2.17.